The summed E-state index contributed by atoms with van der Waals surface area (Å²) < 4.78 is 40.0. The molecule has 0 fully saturated rings. The fraction of sp³-hybridized carbons (Fsp3) is 0.312. The number of aromatic nitrogens is 1. The second-order valence-electron chi connectivity index (χ2n) is 5.62. The molecule has 1 aliphatic heterocycles. The van der Waals surface area contributed by atoms with Crippen molar-refractivity contribution in [2.75, 3.05) is 6.54 Å². The van der Waals surface area contributed by atoms with E-state index >= 15 is 0 Å². The predicted molar refractivity (Wildman–Crippen MR) is 77.9 cm³/mol. The molecular weight excluding hydrogens is 309 g/mol. The Kier molecular flexibility index (Phi) is 3.89. The first-order valence-electron chi connectivity index (χ1n) is 7.14. The van der Waals surface area contributed by atoms with Gasteiger partial charge in [0.1, 0.15) is 0 Å². The molecular formula is C16H15F3N2O2. The van der Waals surface area contributed by atoms with Crippen LogP contribution in [0, 0.1) is 0 Å². The van der Waals surface area contributed by atoms with E-state index in [4.69, 9.17) is 0 Å². The molecule has 7 heteroatoms. The average Bonchev–Trinajstić information content (AvgIpc) is 2.48. The van der Waals surface area contributed by atoms with Crippen LogP contribution in [0.25, 0.3) is 0 Å². The van der Waals surface area contributed by atoms with Crippen molar-refractivity contribution in [2.45, 2.75) is 25.8 Å². The summed E-state index contributed by atoms with van der Waals surface area (Å²) in [6.45, 7) is 2.03. The standard InChI is InChI=1S/C16H15F3N2O2/c17-16(18,19)12-3-1-2-11(6-12)8-20-4-5-21-10-15(23)14(22)7-13(21)9-20/h1-3,6-7,10,23H,4-5,8-9H2. The summed E-state index contributed by atoms with van der Waals surface area (Å²) in [5.74, 6) is -0.292. The number of halogens is 3. The zero-order chi connectivity index (χ0) is 16.6. The SMILES string of the molecule is O=c1cc2n(cc1O)CCN(Cc1cccc(C(F)(F)F)c1)C2. The van der Waals surface area contributed by atoms with E-state index < -0.39 is 17.2 Å². The molecule has 0 saturated heterocycles. The van der Waals surface area contributed by atoms with Gasteiger partial charge in [-0.05, 0) is 11.6 Å². The molecule has 0 radical (unpaired) electrons. The van der Waals surface area contributed by atoms with Gasteiger partial charge in [0.2, 0.25) is 5.43 Å². The highest BCUT2D eigenvalue weighted by molar-refractivity contribution is 5.26. The van der Waals surface area contributed by atoms with Crippen LogP contribution < -0.4 is 5.43 Å². The first-order chi connectivity index (χ1) is 10.8. The first kappa shape index (κ1) is 15.6. The van der Waals surface area contributed by atoms with Gasteiger partial charge in [-0.3, -0.25) is 9.69 Å². The normalized spacial score (nSPS) is 15.4. The number of hydrogen-bond donors (Lipinski definition) is 1. The number of aromatic hydroxyl groups is 1. The van der Waals surface area contributed by atoms with Crippen LogP contribution in [0.15, 0.2) is 41.3 Å². The quantitative estimate of drug-likeness (QED) is 0.923. The maximum absolute atomic E-state index is 12.8. The van der Waals surface area contributed by atoms with Gasteiger partial charge in [0.05, 0.1) is 11.8 Å². The van der Waals surface area contributed by atoms with E-state index in [9.17, 15) is 23.1 Å². The van der Waals surface area contributed by atoms with Crippen LogP contribution >= 0.6 is 0 Å². The van der Waals surface area contributed by atoms with E-state index in [0.717, 1.165) is 17.8 Å². The van der Waals surface area contributed by atoms with Gasteiger partial charge in [-0.25, -0.2) is 0 Å². The maximum Gasteiger partial charge on any atom is 0.416 e. The molecule has 3 rings (SSSR count). The van der Waals surface area contributed by atoms with Crippen molar-refractivity contribution >= 4 is 0 Å². The summed E-state index contributed by atoms with van der Waals surface area (Å²) in [5, 5.41) is 9.43. The van der Waals surface area contributed by atoms with Crippen molar-refractivity contribution < 1.29 is 18.3 Å². The third-order valence-electron chi connectivity index (χ3n) is 3.90. The lowest BCUT2D eigenvalue weighted by molar-refractivity contribution is -0.137. The van der Waals surface area contributed by atoms with Crippen molar-refractivity contribution in [3.05, 3.63) is 63.6 Å². The van der Waals surface area contributed by atoms with Crippen LogP contribution in [0.4, 0.5) is 13.2 Å². The second kappa shape index (κ2) is 5.73. The number of hydrogen-bond acceptors (Lipinski definition) is 3. The summed E-state index contributed by atoms with van der Waals surface area (Å²) in [5.41, 5.74) is 0.214. The van der Waals surface area contributed by atoms with Crippen LogP contribution in [-0.2, 0) is 25.8 Å². The Hall–Kier alpha value is -2.28. The van der Waals surface area contributed by atoms with Gasteiger partial charge < -0.3 is 9.67 Å². The van der Waals surface area contributed by atoms with Crippen molar-refractivity contribution in [2.24, 2.45) is 0 Å². The molecule has 1 aromatic heterocycles. The van der Waals surface area contributed by atoms with Gasteiger partial charge in [-0.2, -0.15) is 13.2 Å². The minimum absolute atomic E-state index is 0.292. The molecule has 0 amide bonds. The Labute approximate surface area is 130 Å². The highest BCUT2D eigenvalue weighted by atomic mass is 19.4. The Morgan fingerprint density at radius 2 is 1.96 bits per heavy atom. The van der Waals surface area contributed by atoms with E-state index in [1.807, 2.05) is 4.90 Å². The Morgan fingerprint density at radius 3 is 2.70 bits per heavy atom. The summed E-state index contributed by atoms with van der Waals surface area (Å²) in [4.78, 5) is 13.5. The molecule has 0 spiro atoms. The molecule has 0 bridgehead atoms. The molecule has 1 N–H and O–H groups in total. The van der Waals surface area contributed by atoms with Crippen molar-refractivity contribution in [3.8, 4) is 5.75 Å². The number of benzene rings is 1. The molecule has 1 aliphatic rings. The second-order valence-corrected chi connectivity index (χ2v) is 5.62. The van der Waals surface area contributed by atoms with Crippen molar-refractivity contribution in [1.82, 2.24) is 9.47 Å². The van der Waals surface area contributed by atoms with Gasteiger partial charge in [0.25, 0.3) is 0 Å². The first-order valence-corrected chi connectivity index (χ1v) is 7.14. The van der Waals surface area contributed by atoms with Crippen molar-refractivity contribution in [3.63, 3.8) is 0 Å². The Morgan fingerprint density at radius 1 is 1.17 bits per heavy atom. The molecule has 2 aromatic rings. The van der Waals surface area contributed by atoms with Crippen LogP contribution in [0.3, 0.4) is 0 Å². The maximum atomic E-state index is 12.8. The molecule has 4 nitrogen and oxygen atoms in total. The van der Waals surface area contributed by atoms with Crippen LogP contribution in [-0.4, -0.2) is 21.1 Å². The molecule has 0 unspecified atom stereocenters. The van der Waals surface area contributed by atoms with Gasteiger partial charge in [-0.1, -0.05) is 18.2 Å². The lowest BCUT2D eigenvalue weighted by Gasteiger charge is -2.30. The fourth-order valence-electron chi connectivity index (χ4n) is 2.74. The molecule has 2 heterocycles. The number of alkyl halides is 3. The summed E-state index contributed by atoms with van der Waals surface area (Å²) in [6.07, 6.45) is -2.95. The summed E-state index contributed by atoms with van der Waals surface area (Å²) in [6, 6.07) is 6.63. The third-order valence-corrected chi connectivity index (χ3v) is 3.90. The highest BCUT2D eigenvalue weighted by Crippen LogP contribution is 2.30. The van der Waals surface area contributed by atoms with E-state index in [1.54, 1.807) is 10.6 Å². The van der Waals surface area contributed by atoms with Crippen LogP contribution in [0.5, 0.6) is 5.75 Å². The van der Waals surface area contributed by atoms with E-state index in [2.05, 4.69) is 0 Å². The summed E-state index contributed by atoms with van der Waals surface area (Å²) >= 11 is 0. The fourth-order valence-corrected chi connectivity index (χ4v) is 2.74. The monoisotopic (exact) mass is 324 g/mol. The highest BCUT2D eigenvalue weighted by Gasteiger charge is 2.30. The minimum Gasteiger partial charge on any atom is -0.503 e. The lowest BCUT2D eigenvalue weighted by atomic mass is 10.1. The Bertz CT molecular complexity index is 784. The average molecular weight is 324 g/mol. The molecule has 23 heavy (non-hydrogen) atoms. The third kappa shape index (κ3) is 3.39. The van der Waals surface area contributed by atoms with Crippen LogP contribution in [0.2, 0.25) is 0 Å². The lowest BCUT2D eigenvalue weighted by Crippen LogP contribution is -2.34. The molecule has 0 atom stereocenters. The number of fused-ring (bicyclic) bond motifs is 1. The topological polar surface area (TPSA) is 45.5 Å². The molecule has 0 aliphatic carbocycles. The van der Waals surface area contributed by atoms with Crippen molar-refractivity contribution in [1.29, 1.82) is 0 Å². The molecule has 1 aromatic carbocycles. The zero-order valence-electron chi connectivity index (χ0n) is 12.2. The molecule has 0 saturated carbocycles. The number of rotatable bonds is 2. The Balaban J connectivity index is 1.77. The van der Waals surface area contributed by atoms with Crippen LogP contribution in [0.1, 0.15) is 16.8 Å². The van der Waals surface area contributed by atoms with Gasteiger partial charge in [-0.15, -0.1) is 0 Å². The number of nitrogens with zero attached hydrogens (tertiary/aromatic N) is 2. The zero-order valence-corrected chi connectivity index (χ0v) is 12.2. The van der Waals surface area contributed by atoms with Gasteiger partial charge in [0, 0.05) is 37.9 Å². The smallest absolute Gasteiger partial charge is 0.416 e. The predicted octanol–water partition coefficient (Wildman–Crippen LogP) is 2.59. The largest absolute Gasteiger partial charge is 0.503 e. The van der Waals surface area contributed by atoms with E-state index in [-0.39, 0.29) is 5.75 Å². The molecule has 122 valence electrons. The van der Waals surface area contributed by atoms with E-state index in [1.165, 1.54) is 18.3 Å². The summed E-state index contributed by atoms with van der Waals surface area (Å²) in [7, 11) is 0. The van der Waals surface area contributed by atoms with Gasteiger partial charge >= 0.3 is 6.18 Å². The van der Waals surface area contributed by atoms with E-state index in [0.29, 0.717) is 31.7 Å². The minimum atomic E-state index is -4.35. The number of pyridine rings is 1. The van der Waals surface area contributed by atoms with Gasteiger partial charge in [0.15, 0.2) is 5.75 Å².